The Hall–Kier alpha value is -2.11. The van der Waals surface area contributed by atoms with Gasteiger partial charge in [-0.2, -0.15) is 0 Å². The summed E-state index contributed by atoms with van der Waals surface area (Å²) in [6.45, 7) is 2.15. The third-order valence-electron chi connectivity index (χ3n) is 3.70. The molecule has 0 saturated heterocycles. The van der Waals surface area contributed by atoms with Crippen LogP contribution in [0.25, 0.3) is 10.9 Å². The van der Waals surface area contributed by atoms with E-state index in [-0.39, 0.29) is 12.5 Å². The molecule has 3 aromatic rings. The van der Waals surface area contributed by atoms with E-state index in [2.05, 4.69) is 5.32 Å². The van der Waals surface area contributed by atoms with Crippen LogP contribution in [0.15, 0.2) is 41.9 Å². The molecular formula is C17H18N2O2S. The fourth-order valence-corrected chi connectivity index (χ4v) is 3.39. The molecule has 2 aromatic heterocycles. The van der Waals surface area contributed by atoms with E-state index in [4.69, 9.17) is 0 Å². The number of rotatable bonds is 4. The van der Waals surface area contributed by atoms with Crippen molar-refractivity contribution in [1.82, 2.24) is 9.88 Å². The van der Waals surface area contributed by atoms with Crippen molar-refractivity contribution in [2.45, 2.75) is 13.0 Å². The van der Waals surface area contributed by atoms with Gasteiger partial charge in [-0.05, 0) is 30.0 Å². The lowest BCUT2D eigenvalue weighted by Crippen LogP contribution is -2.27. The molecular weight excluding hydrogens is 296 g/mol. The average molecular weight is 314 g/mol. The zero-order valence-electron chi connectivity index (χ0n) is 12.5. The highest BCUT2D eigenvalue weighted by molar-refractivity contribution is 7.12. The second-order valence-electron chi connectivity index (χ2n) is 5.43. The molecule has 0 radical (unpaired) electrons. The first kappa shape index (κ1) is 14.8. The summed E-state index contributed by atoms with van der Waals surface area (Å²) >= 11 is 1.41. The van der Waals surface area contributed by atoms with Gasteiger partial charge in [-0.15, -0.1) is 11.3 Å². The van der Waals surface area contributed by atoms with Gasteiger partial charge in [0.15, 0.2) is 0 Å². The highest BCUT2D eigenvalue weighted by Gasteiger charge is 2.16. The number of benzene rings is 1. The molecule has 0 spiro atoms. The lowest BCUT2D eigenvalue weighted by atomic mass is 10.1. The highest BCUT2D eigenvalue weighted by atomic mass is 32.1. The van der Waals surface area contributed by atoms with Crippen LogP contribution in [-0.4, -0.2) is 22.1 Å². The molecule has 0 fully saturated rings. The molecule has 1 atom stereocenters. The Morgan fingerprint density at radius 2 is 2.18 bits per heavy atom. The SMILES string of the molecule is Cc1csc(C(=O)NC[C@@H](O)c2cn(C)c3ccccc23)c1. The Morgan fingerprint density at radius 3 is 2.91 bits per heavy atom. The van der Waals surface area contributed by atoms with E-state index in [0.717, 1.165) is 22.0 Å². The lowest BCUT2D eigenvalue weighted by molar-refractivity contribution is 0.0921. The van der Waals surface area contributed by atoms with Gasteiger partial charge < -0.3 is 15.0 Å². The second kappa shape index (κ2) is 5.94. The summed E-state index contributed by atoms with van der Waals surface area (Å²) in [6.07, 6.45) is 1.19. The van der Waals surface area contributed by atoms with Crippen LogP contribution in [0.3, 0.4) is 0 Å². The van der Waals surface area contributed by atoms with Crippen LogP contribution in [0, 0.1) is 6.92 Å². The van der Waals surface area contributed by atoms with Gasteiger partial charge in [0.05, 0.1) is 11.0 Å². The third-order valence-corrected chi connectivity index (χ3v) is 4.74. The summed E-state index contributed by atoms with van der Waals surface area (Å²) in [6, 6.07) is 9.77. The maximum absolute atomic E-state index is 12.0. The zero-order valence-corrected chi connectivity index (χ0v) is 13.4. The number of carbonyl (C=O) groups excluding carboxylic acids is 1. The molecule has 0 unspecified atom stereocenters. The van der Waals surface area contributed by atoms with Crippen molar-refractivity contribution in [3.63, 3.8) is 0 Å². The van der Waals surface area contributed by atoms with Crippen molar-refractivity contribution in [3.8, 4) is 0 Å². The molecule has 4 nitrogen and oxygen atoms in total. The van der Waals surface area contributed by atoms with E-state index in [1.807, 2.05) is 60.4 Å². The van der Waals surface area contributed by atoms with Crippen molar-refractivity contribution in [2.24, 2.45) is 7.05 Å². The van der Waals surface area contributed by atoms with Gasteiger partial charge in [-0.1, -0.05) is 18.2 Å². The first-order valence-electron chi connectivity index (χ1n) is 7.11. The molecule has 2 N–H and O–H groups in total. The molecule has 0 aliphatic heterocycles. The Morgan fingerprint density at radius 1 is 1.41 bits per heavy atom. The van der Waals surface area contributed by atoms with Gasteiger partial charge in [-0.25, -0.2) is 0 Å². The van der Waals surface area contributed by atoms with E-state index in [1.165, 1.54) is 11.3 Å². The minimum atomic E-state index is -0.726. The number of carbonyl (C=O) groups is 1. The number of aliphatic hydroxyl groups excluding tert-OH is 1. The molecule has 114 valence electrons. The number of hydrogen-bond acceptors (Lipinski definition) is 3. The van der Waals surface area contributed by atoms with Gasteiger partial charge in [0.25, 0.3) is 5.91 Å². The normalized spacial score (nSPS) is 12.5. The summed E-state index contributed by atoms with van der Waals surface area (Å²) in [5.41, 5.74) is 2.97. The largest absolute Gasteiger partial charge is 0.386 e. The molecule has 22 heavy (non-hydrogen) atoms. The number of para-hydroxylation sites is 1. The van der Waals surface area contributed by atoms with Crippen LogP contribution in [0.1, 0.15) is 26.9 Å². The number of thiophene rings is 1. The van der Waals surface area contributed by atoms with Crippen LogP contribution < -0.4 is 5.32 Å². The van der Waals surface area contributed by atoms with Crippen molar-refractivity contribution < 1.29 is 9.90 Å². The quantitative estimate of drug-likeness (QED) is 0.778. The number of aliphatic hydroxyl groups is 1. The highest BCUT2D eigenvalue weighted by Crippen LogP contribution is 2.25. The molecule has 0 saturated carbocycles. The molecule has 3 rings (SSSR count). The van der Waals surface area contributed by atoms with Crippen molar-refractivity contribution in [1.29, 1.82) is 0 Å². The lowest BCUT2D eigenvalue weighted by Gasteiger charge is -2.10. The van der Waals surface area contributed by atoms with Crippen molar-refractivity contribution in [2.75, 3.05) is 6.54 Å². The molecule has 1 aromatic carbocycles. The smallest absolute Gasteiger partial charge is 0.261 e. The van der Waals surface area contributed by atoms with Crippen molar-refractivity contribution in [3.05, 3.63) is 57.9 Å². The molecule has 5 heteroatoms. The summed E-state index contributed by atoms with van der Waals surface area (Å²) in [5, 5.41) is 16.2. The average Bonchev–Trinajstić information content (AvgIpc) is 3.09. The van der Waals surface area contributed by atoms with Gasteiger partial charge in [0.1, 0.15) is 0 Å². The summed E-state index contributed by atoms with van der Waals surface area (Å²) in [5.74, 6) is -0.141. The second-order valence-corrected chi connectivity index (χ2v) is 6.34. The maximum Gasteiger partial charge on any atom is 0.261 e. The molecule has 0 aliphatic carbocycles. The standard InChI is InChI=1S/C17H18N2O2S/c1-11-7-16(22-10-11)17(21)18-8-15(20)13-9-19(2)14-6-4-3-5-12(13)14/h3-7,9-10,15,20H,8H2,1-2H3,(H,18,21)/t15-/m1/s1. The minimum absolute atomic E-state index is 0.141. The van der Waals surface area contributed by atoms with Gasteiger partial charge >= 0.3 is 0 Å². The topological polar surface area (TPSA) is 54.3 Å². The Bertz CT molecular complexity index is 819. The van der Waals surface area contributed by atoms with E-state index < -0.39 is 6.10 Å². The molecule has 0 aliphatic rings. The number of aromatic nitrogens is 1. The van der Waals surface area contributed by atoms with E-state index in [0.29, 0.717) is 4.88 Å². The number of nitrogens with zero attached hydrogens (tertiary/aromatic N) is 1. The van der Waals surface area contributed by atoms with Gasteiger partial charge in [-0.3, -0.25) is 4.79 Å². The number of nitrogens with one attached hydrogen (secondary N) is 1. The van der Waals surface area contributed by atoms with E-state index in [1.54, 1.807) is 0 Å². The van der Waals surface area contributed by atoms with Crippen LogP contribution in [0.2, 0.25) is 0 Å². The number of aryl methyl sites for hydroxylation is 2. The fourth-order valence-electron chi connectivity index (χ4n) is 2.58. The van der Waals surface area contributed by atoms with Gasteiger partial charge in [0.2, 0.25) is 0 Å². The number of amides is 1. The molecule has 1 amide bonds. The Balaban J connectivity index is 1.74. The number of fused-ring (bicyclic) bond motifs is 1. The van der Waals surface area contributed by atoms with Crippen LogP contribution in [0.5, 0.6) is 0 Å². The minimum Gasteiger partial charge on any atom is -0.386 e. The zero-order chi connectivity index (χ0) is 15.7. The van der Waals surface area contributed by atoms with Crippen LogP contribution in [0.4, 0.5) is 0 Å². The summed E-state index contributed by atoms with van der Waals surface area (Å²) in [4.78, 5) is 12.7. The van der Waals surface area contributed by atoms with Crippen LogP contribution >= 0.6 is 11.3 Å². The molecule has 0 bridgehead atoms. The predicted octanol–water partition coefficient (Wildman–Crippen LogP) is 3.01. The Kier molecular flexibility index (Phi) is 4.00. The molecule has 2 heterocycles. The predicted molar refractivity (Wildman–Crippen MR) is 89.3 cm³/mol. The maximum atomic E-state index is 12.0. The first-order valence-corrected chi connectivity index (χ1v) is 7.99. The van der Waals surface area contributed by atoms with Crippen molar-refractivity contribution >= 4 is 28.1 Å². The fraction of sp³-hybridized carbons (Fsp3) is 0.235. The van der Waals surface area contributed by atoms with Crippen LogP contribution in [-0.2, 0) is 7.05 Å². The van der Waals surface area contributed by atoms with E-state index in [9.17, 15) is 9.90 Å². The van der Waals surface area contributed by atoms with E-state index >= 15 is 0 Å². The number of hydrogen-bond donors (Lipinski definition) is 2. The first-order chi connectivity index (χ1) is 10.6. The summed E-state index contributed by atoms with van der Waals surface area (Å²) in [7, 11) is 1.95. The monoisotopic (exact) mass is 314 g/mol. The third kappa shape index (κ3) is 2.77. The Labute approximate surface area is 133 Å². The van der Waals surface area contributed by atoms with Gasteiger partial charge in [0, 0.05) is 36.3 Å². The summed E-state index contributed by atoms with van der Waals surface area (Å²) < 4.78 is 1.98.